The molecule has 6 aromatic rings. The highest BCUT2D eigenvalue weighted by Crippen LogP contribution is 2.53. The van der Waals surface area contributed by atoms with Gasteiger partial charge in [0.25, 0.3) is 0 Å². The van der Waals surface area contributed by atoms with E-state index >= 15 is 0 Å². The highest BCUT2D eigenvalue weighted by Gasteiger charge is 2.56. The Bertz CT molecular complexity index is 2840. The van der Waals surface area contributed by atoms with Crippen molar-refractivity contribution in [3.63, 3.8) is 0 Å². The smallest absolute Gasteiger partial charge is 0.407 e. The van der Waals surface area contributed by atoms with Crippen LogP contribution in [0.15, 0.2) is 79.0 Å². The fraction of sp³-hybridized carbons (Fsp3) is 0.408. The predicted molar refractivity (Wildman–Crippen MR) is 241 cm³/mol. The monoisotopic (exact) mass is 918 g/mol. The van der Waals surface area contributed by atoms with Crippen molar-refractivity contribution >= 4 is 39.9 Å². The van der Waals surface area contributed by atoms with Crippen molar-refractivity contribution in [2.75, 3.05) is 27.4 Å². The van der Waals surface area contributed by atoms with Crippen LogP contribution in [0.4, 0.5) is 18.4 Å². The summed E-state index contributed by atoms with van der Waals surface area (Å²) in [6.45, 7) is 1.16. The number of amides is 3. The van der Waals surface area contributed by atoms with E-state index in [1.165, 1.54) is 14.2 Å². The number of aromatic amines is 2. The summed E-state index contributed by atoms with van der Waals surface area (Å²) >= 11 is 0. The molecule has 10 rings (SSSR count). The van der Waals surface area contributed by atoms with E-state index < -0.39 is 43.2 Å². The van der Waals surface area contributed by atoms with Gasteiger partial charge in [0, 0.05) is 23.5 Å². The van der Waals surface area contributed by atoms with E-state index in [9.17, 15) is 28.3 Å². The molecule has 0 spiro atoms. The number of piperidine rings is 1. The molecule has 5 N–H and O–H groups in total. The summed E-state index contributed by atoms with van der Waals surface area (Å²) in [5.41, 5.74) is 6.76. The number of carbonyl (C=O) groups excluding carboxylic acids is 3. The molecule has 1 aliphatic carbocycles. The van der Waals surface area contributed by atoms with Gasteiger partial charge in [-0.15, -0.1) is 0 Å². The Morgan fingerprint density at radius 2 is 1.70 bits per heavy atom. The molecular weight excluding hydrogens is 867 g/mol. The Morgan fingerprint density at radius 3 is 2.46 bits per heavy atom. The summed E-state index contributed by atoms with van der Waals surface area (Å²) in [6.07, 6.45) is 1.24. The van der Waals surface area contributed by atoms with Gasteiger partial charge in [0.2, 0.25) is 5.91 Å². The fourth-order valence-corrected chi connectivity index (χ4v) is 10.4. The third-order valence-electron chi connectivity index (χ3n) is 13.8. The largest absolute Gasteiger partial charge is 0.488 e. The van der Waals surface area contributed by atoms with Crippen LogP contribution in [-0.4, -0.2) is 105 Å². The number of ether oxygens (including phenoxy) is 4. The molecule has 3 aliphatic heterocycles. The Hall–Kier alpha value is -6.63. The molecule has 3 fully saturated rings. The number of aliphatic hydroxyl groups excluding tert-OH is 1. The van der Waals surface area contributed by atoms with E-state index in [0.29, 0.717) is 47.4 Å². The van der Waals surface area contributed by atoms with E-state index in [2.05, 4.69) is 38.8 Å². The van der Waals surface area contributed by atoms with Gasteiger partial charge in [-0.05, 0) is 88.9 Å². The number of aromatic nitrogens is 4. The molecule has 4 aliphatic rings. The quantitative estimate of drug-likeness (QED) is 0.0761. The number of halogens is 2. The van der Waals surface area contributed by atoms with Crippen LogP contribution in [0.25, 0.3) is 44.2 Å². The Balaban J connectivity index is 0.916. The number of nitrogens with one attached hydrogen (secondary N) is 4. The number of likely N-dealkylation sites (tertiary alicyclic amines) is 2. The maximum absolute atomic E-state index is 13.9. The van der Waals surface area contributed by atoms with Gasteiger partial charge in [-0.3, -0.25) is 9.69 Å². The normalized spacial score (nSPS) is 22.2. The van der Waals surface area contributed by atoms with Crippen molar-refractivity contribution < 1.29 is 47.2 Å². The number of rotatable bonds is 13. The van der Waals surface area contributed by atoms with Gasteiger partial charge in [0.05, 0.1) is 61.9 Å². The summed E-state index contributed by atoms with van der Waals surface area (Å²) < 4.78 is 47.4. The third-order valence-corrected chi connectivity index (χ3v) is 13.8. The lowest BCUT2D eigenvalue weighted by Gasteiger charge is -2.34. The van der Waals surface area contributed by atoms with Crippen LogP contribution in [0.3, 0.4) is 0 Å². The van der Waals surface area contributed by atoms with Crippen molar-refractivity contribution in [3.05, 3.63) is 102 Å². The number of hydrogen-bond acceptors (Lipinski definition) is 11. The van der Waals surface area contributed by atoms with Crippen LogP contribution in [0.1, 0.15) is 74.0 Å². The molecule has 2 saturated heterocycles. The topological polar surface area (TPSA) is 196 Å². The highest BCUT2D eigenvalue weighted by molar-refractivity contribution is 6.07. The molecule has 4 aromatic carbocycles. The number of imidazole rings is 2. The zero-order chi connectivity index (χ0) is 46.7. The van der Waals surface area contributed by atoms with Crippen LogP contribution >= 0.6 is 0 Å². The van der Waals surface area contributed by atoms with Crippen molar-refractivity contribution in [1.82, 2.24) is 40.4 Å². The second-order valence-electron chi connectivity index (χ2n) is 18.3. The van der Waals surface area contributed by atoms with Crippen molar-refractivity contribution in [2.24, 2.45) is 17.8 Å². The van der Waals surface area contributed by atoms with E-state index in [0.717, 1.165) is 57.1 Å². The first-order chi connectivity index (χ1) is 32.4. The molecule has 5 heterocycles. The first kappa shape index (κ1) is 44.2. The first-order valence-electron chi connectivity index (χ1n) is 22.6. The number of methoxy groups -OCH3 is 2. The SMILES string of the molecule is COC(=O)N[C@H](C(=O)N1C2CC2C[C@H]1c1ncc(-c2ccc3c(c2)COc2cc4c(ccc5[nH]c([C@@H]6C[C@H](COC(F)F)CN6C(O)[C@H](NC(=O)OC)c6ccccc6)nc54)cc2-3)[nH]1)C(C)C. The maximum Gasteiger partial charge on any atom is 0.407 e. The average molecular weight is 919 g/mol. The second-order valence-corrected chi connectivity index (χ2v) is 18.3. The number of alkyl carbamates (subject to hydrolysis) is 2. The van der Waals surface area contributed by atoms with E-state index in [1.807, 2.05) is 49.1 Å². The molecule has 0 radical (unpaired) electrons. The molecule has 350 valence electrons. The number of aliphatic hydroxyl groups is 1. The molecule has 8 atom stereocenters. The van der Waals surface area contributed by atoms with Crippen molar-refractivity contribution in [1.29, 1.82) is 0 Å². The molecular formula is C49H52F2N8O8. The van der Waals surface area contributed by atoms with Gasteiger partial charge in [0.15, 0.2) is 0 Å². The van der Waals surface area contributed by atoms with Crippen LogP contribution < -0.4 is 15.4 Å². The molecule has 1 saturated carbocycles. The lowest BCUT2D eigenvalue weighted by atomic mass is 9.92. The zero-order valence-corrected chi connectivity index (χ0v) is 37.4. The summed E-state index contributed by atoms with van der Waals surface area (Å²) in [6, 6.07) is 21.0. The second kappa shape index (κ2) is 17.9. The minimum Gasteiger partial charge on any atom is -0.488 e. The summed E-state index contributed by atoms with van der Waals surface area (Å²) in [4.78, 5) is 59.1. The van der Waals surface area contributed by atoms with Crippen molar-refractivity contribution in [2.45, 2.75) is 82.8 Å². The van der Waals surface area contributed by atoms with Crippen LogP contribution in [0.2, 0.25) is 0 Å². The minimum atomic E-state index is -2.94. The lowest BCUT2D eigenvalue weighted by molar-refractivity contribution is -0.138. The Labute approximate surface area is 384 Å². The Kier molecular flexibility index (Phi) is 11.8. The molecule has 2 aromatic heterocycles. The lowest BCUT2D eigenvalue weighted by Crippen LogP contribution is -2.52. The predicted octanol–water partition coefficient (Wildman–Crippen LogP) is 7.73. The molecule has 0 bridgehead atoms. The van der Waals surface area contributed by atoms with Crippen LogP contribution in [0, 0.1) is 17.8 Å². The number of fused-ring (bicyclic) bond motifs is 7. The molecule has 16 nitrogen and oxygen atoms in total. The van der Waals surface area contributed by atoms with Gasteiger partial charge in [-0.1, -0.05) is 62.4 Å². The summed E-state index contributed by atoms with van der Waals surface area (Å²) in [5.74, 6) is 1.70. The first-order valence-corrected chi connectivity index (χ1v) is 22.6. The van der Waals surface area contributed by atoms with Gasteiger partial charge in [-0.2, -0.15) is 8.78 Å². The fourth-order valence-electron chi connectivity index (χ4n) is 10.4. The number of nitrogens with zero attached hydrogens (tertiary/aromatic N) is 4. The maximum atomic E-state index is 13.9. The van der Waals surface area contributed by atoms with Gasteiger partial charge in [-0.25, -0.2) is 19.6 Å². The van der Waals surface area contributed by atoms with E-state index in [4.69, 9.17) is 28.9 Å². The van der Waals surface area contributed by atoms with Gasteiger partial charge in [0.1, 0.15) is 36.3 Å². The average Bonchev–Trinajstić information content (AvgIpc) is 3.81. The highest BCUT2D eigenvalue weighted by atomic mass is 19.3. The van der Waals surface area contributed by atoms with E-state index in [1.54, 1.807) is 35.4 Å². The van der Waals surface area contributed by atoms with Crippen molar-refractivity contribution in [3.8, 4) is 28.1 Å². The zero-order valence-electron chi connectivity index (χ0n) is 37.4. The number of hydrogen-bond donors (Lipinski definition) is 5. The standard InChI is InChI=1S/C49H52F2N8O8/c1-24(2)40(56-48(62)64-3)46(61)59-36-17-29(36)18-38(59)43-52-20-35(54-43)28-10-12-31-30(15-28)23-66-39-19-32-27(16-33(31)39)11-13-34-42(32)55-44(53-34)37-14-25(22-67-47(50)51)21-58(37)45(60)41(57-49(63)65-4)26-8-6-5-7-9-26/h5-13,15-16,19-20,24-25,29,36-38,40-41,45,47,60H,14,17-18,21-23H2,1-4H3,(H,52,54)(H,53,55)(H,56,62)(H,57,63)/t25-,29?,36?,37-,38-,40-,41+,45?/m0/s1. The molecule has 3 amide bonds. The minimum absolute atomic E-state index is 0.123. The number of H-pyrrole nitrogens is 2. The number of benzene rings is 4. The van der Waals surface area contributed by atoms with Gasteiger partial charge < -0.3 is 49.6 Å². The molecule has 3 unspecified atom stereocenters. The molecule has 67 heavy (non-hydrogen) atoms. The third kappa shape index (κ3) is 8.42. The number of carbonyl (C=O) groups is 3. The van der Waals surface area contributed by atoms with Crippen LogP contribution in [-0.2, 0) is 25.6 Å². The summed E-state index contributed by atoms with van der Waals surface area (Å²) in [7, 11) is 2.53. The van der Waals surface area contributed by atoms with E-state index in [-0.39, 0.29) is 43.0 Å². The van der Waals surface area contributed by atoms with Gasteiger partial charge >= 0.3 is 18.8 Å². The van der Waals surface area contributed by atoms with Crippen LogP contribution in [0.5, 0.6) is 5.75 Å². The molecule has 18 heteroatoms. The summed E-state index contributed by atoms with van der Waals surface area (Å²) in [5, 5.41) is 19.2. The Morgan fingerprint density at radius 1 is 0.910 bits per heavy atom. The number of alkyl halides is 2.